The molecular formula is C20H23N3O4S. The second-order valence-electron chi connectivity index (χ2n) is 7.02. The predicted octanol–water partition coefficient (Wildman–Crippen LogP) is 3.73. The van der Waals surface area contributed by atoms with Crippen LogP contribution in [0.2, 0.25) is 0 Å². The number of carbonyl (C=O) groups is 2. The third kappa shape index (κ3) is 4.22. The summed E-state index contributed by atoms with van der Waals surface area (Å²) < 4.78 is 0. The van der Waals surface area contributed by atoms with Gasteiger partial charge in [0.2, 0.25) is 5.91 Å². The van der Waals surface area contributed by atoms with E-state index < -0.39 is 4.92 Å². The van der Waals surface area contributed by atoms with E-state index in [1.54, 1.807) is 29.0 Å². The number of amides is 2. The van der Waals surface area contributed by atoms with Gasteiger partial charge in [0.15, 0.2) is 0 Å². The maximum atomic E-state index is 12.9. The minimum atomic E-state index is -0.432. The quantitative estimate of drug-likeness (QED) is 0.564. The maximum Gasteiger partial charge on any atom is 0.269 e. The number of piperidine rings is 1. The van der Waals surface area contributed by atoms with E-state index in [0.29, 0.717) is 25.9 Å². The monoisotopic (exact) mass is 401 g/mol. The summed E-state index contributed by atoms with van der Waals surface area (Å²) in [7, 11) is 1.73. The van der Waals surface area contributed by atoms with Gasteiger partial charge in [-0.25, -0.2) is 0 Å². The first-order valence-corrected chi connectivity index (χ1v) is 10.1. The molecule has 0 spiro atoms. The van der Waals surface area contributed by atoms with Gasteiger partial charge in [0, 0.05) is 38.2 Å². The molecule has 1 unspecified atom stereocenters. The molecule has 7 nitrogen and oxygen atoms in total. The lowest BCUT2D eigenvalue weighted by molar-refractivity contribution is -0.384. The number of benzene rings is 1. The van der Waals surface area contributed by atoms with Crippen molar-refractivity contribution in [2.45, 2.75) is 25.8 Å². The van der Waals surface area contributed by atoms with Crippen LogP contribution in [-0.4, -0.2) is 46.7 Å². The normalized spacial score (nSPS) is 15.9. The molecule has 3 rings (SSSR count). The average Bonchev–Trinajstić information content (AvgIpc) is 3.26. The lowest BCUT2D eigenvalue weighted by Crippen LogP contribution is -2.43. The van der Waals surface area contributed by atoms with Crippen LogP contribution >= 0.6 is 11.3 Å². The lowest BCUT2D eigenvalue weighted by Gasteiger charge is -2.35. The Balaban J connectivity index is 1.60. The van der Waals surface area contributed by atoms with E-state index in [9.17, 15) is 19.7 Å². The van der Waals surface area contributed by atoms with E-state index in [4.69, 9.17) is 0 Å². The first-order valence-electron chi connectivity index (χ1n) is 9.22. The number of carbonyl (C=O) groups excluding carboxylic acids is 2. The molecule has 0 N–H and O–H groups in total. The Kier molecular flexibility index (Phi) is 6.08. The maximum absolute atomic E-state index is 12.9. The van der Waals surface area contributed by atoms with E-state index in [1.807, 2.05) is 24.4 Å². The second-order valence-corrected chi connectivity index (χ2v) is 7.97. The Hall–Kier alpha value is -2.74. The van der Waals surface area contributed by atoms with E-state index in [0.717, 1.165) is 10.4 Å². The molecule has 1 aliphatic rings. The molecule has 8 heteroatoms. The SMILES string of the molecule is CC(c1cccc([N+](=O)[O-])c1)N(C)C(=O)C1CCN(C(=O)c2cccs2)CC1. The highest BCUT2D eigenvalue weighted by molar-refractivity contribution is 7.12. The standard InChI is InChI=1S/C20H23N3O4S/c1-14(16-5-3-6-17(13-16)23(26)27)21(2)19(24)15-8-10-22(11-9-15)20(25)18-7-4-12-28-18/h3-7,12-15H,8-11H2,1-2H3. The summed E-state index contributed by atoms with van der Waals surface area (Å²) in [4.78, 5) is 40.1. The van der Waals surface area contributed by atoms with Gasteiger partial charge in [0.25, 0.3) is 11.6 Å². The van der Waals surface area contributed by atoms with E-state index >= 15 is 0 Å². The number of hydrogen-bond donors (Lipinski definition) is 0. The molecule has 28 heavy (non-hydrogen) atoms. The number of non-ortho nitro benzene ring substituents is 1. The summed E-state index contributed by atoms with van der Waals surface area (Å²) in [6.07, 6.45) is 1.25. The molecule has 2 heterocycles. The Morgan fingerprint density at radius 2 is 1.96 bits per heavy atom. The number of thiophene rings is 1. The molecule has 0 bridgehead atoms. The molecule has 0 saturated carbocycles. The molecule has 0 aliphatic carbocycles. The summed E-state index contributed by atoms with van der Waals surface area (Å²) in [6.45, 7) is 2.99. The molecule has 148 valence electrons. The van der Waals surface area contributed by atoms with Gasteiger partial charge in [0.1, 0.15) is 0 Å². The second kappa shape index (κ2) is 8.52. The van der Waals surface area contributed by atoms with Gasteiger partial charge in [-0.3, -0.25) is 19.7 Å². The van der Waals surface area contributed by atoms with Crippen LogP contribution in [-0.2, 0) is 4.79 Å². The van der Waals surface area contributed by atoms with Gasteiger partial charge in [0.05, 0.1) is 15.8 Å². The van der Waals surface area contributed by atoms with Crippen molar-refractivity contribution in [3.8, 4) is 0 Å². The van der Waals surface area contributed by atoms with Crippen molar-refractivity contribution in [3.63, 3.8) is 0 Å². The third-order valence-electron chi connectivity index (χ3n) is 5.36. The largest absolute Gasteiger partial charge is 0.339 e. The average molecular weight is 401 g/mol. The van der Waals surface area contributed by atoms with Crippen molar-refractivity contribution in [1.29, 1.82) is 0 Å². The number of nitro benzene ring substituents is 1. The Morgan fingerprint density at radius 1 is 1.25 bits per heavy atom. The summed E-state index contributed by atoms with van der Waals surface area (Å²) in [5, 5.41) is 12.9. The highest BCUT2D eigenvalue weighted by Crippen LogP contribution is 2.27. The molecule has 2 amide bonds. The zero-order chi connectivity index (χ0) is 20.3. The van der Waals surface area contributed by atoms with Crippen LogP contribution in [0, 0.1) is 16.0 Å². The number of rotatable bonds is 5. The van der Waals surface area contributed by atoms with Crippen molar-refractivity contribution in [2.24, 2.45) is 5.92 Å². The Morgan fingerprint density at radius 3 is 2.57 bits per heavy atom. The first-order chi connectivity index (χ1) is 13.4. The van der Waals surface area contributed by atoms with E-state index in [1.165, 1.54) is 23.5 Å². The summed E-state index contributed by atoms with van der Waals surface area (Å²) >= 11 is 1.43. The molecule has 1 fully saturated rings. The number of hydrogen-bond acceptors (Lipinski definition) is 5. The van der Waals surface area contributed by atoms with Gasteiger partial charge in [-0.05, 0) is 36.8 Å². The predicted molar refractivity (Wildman–Crippen MR) is 107 cm³/mol. The van der Waals surface area contributed by atoms with Crippen molar-refractivity contribution in [2.75, 3.05) is 20.1 Å². The molecule has 1 aromatic heterocycles. The number of nitro groups is 1. The van der Waals surface area contributed by atoms with Crippen LogP contribution in [0.25, 0.3) is 0 Å². The minimum absolute atomic E-state index is 0.0160. The van der Waals surface area contributed by atoms with Crippen LogP contribution in [0.5, 0.6) is 0 Å². The van der Waals surface area contributed by atoms with E-state index in [2.05, 4.69) is 0 Å². The van der Waals surface area contributed by atoms with Crippen LogP contribution in [0.15, 0.2) is 41.8 Å². The molecule has 0 radical (unpaired) electrons. The van der Waals surface area contributed by atoms with Crippen LogP contribution in [0.3, 0.4) is 0 Å². The molecule has 1 aromatic carbocycles. The van der Waals surface area contributed by atoms with Crippen LogP contribution in [0.4, 0.5) is 5.69 Å². The van der Waals surface area contributed by atoms with Gasteiger partial charge < -0.3 is 9.80 Å². The zero-order valence-corrected chi connectivity index (χ0v) is 16.7. The number of nitrogens with zero attached hydrogens (tertiary/aromatic N) is 3. The lowest BCUT2D eigenvalue weighted by atomic mass is 9.94. The Bertz CT molecular complexity index is 860. The first kappa shape index (κ1) is 20.0. The highest BCUT2D eigenvalue weighted by Gasteiger charge is 2.31. The molecule has 1 saturated heterocycles. The zero-order valence-electron chi connectivity index (χ0n) is 15.9. The van der Waals surface area contributed by atoms with Gasteiger partial charge in [-0.1, -0.05) is 18.2 Å². The van der Waals surface area contributed by atoms with Crippen molar-refractivity contribution in [1.82, 2.24) is 9.80 Å². The number of likely N-dealkylation sites (tertiary alicyclic amines) is 1. The summed E-state index contributed by atoms with van der Waals surface area (Å²) in [5.74, 6) is -0.0972. The van der Waals surface area contributed by atoms with Crippen LogP contribution in [0.1, 0.15) is 41.0 Å². The summed E-state index contributed by atoms with van der Waals surface area (Å²) in [6, 6.07) is 9.80. The molecule has 1 aliphatic heterocycles. The van der Waals surface area contributed by atoms with Crippen molar-refractivity contribution < 1.29 is 14.5 Å². The topological polar surface area (TPSA) is 83.8 Å². The fourth-order valence-electron chi connectivity index (χ4n) is 3.49. The van der Waals surface area contributed by atoms with Crippen molar-refractivity contribution in [3.05, 3.63) is 62.3 Å². The third-order valence-corrected chi connectivity index (χ3v) is 6.21. The summed E-state index contributed by atoms with van der Waals surface area (Å²) in [5.41, 5.74) is 0.751. The highest BCUT2D eigenvalue weighted by atomic mass is 32.1. The molecular weight excluding hydrogens is 378 g/mol. The molecule has 1 atom stereocenters. The smallest absolute Gasteiger partial charge is 0.269 e. The van der Waals surface area contributed by atoms with Gasteiger partial charge >= 0.3 is 0 Å². The van der Waals surface area contributed by atoms with Gasteiger partial charge in [-0.2, -0.15) is 0 Å². The van der Waals surface area contributed by atoms with Crippen molar-refractivity contribution >= 4 is 28.8 Å². The minimum Gasteiger partial charge on any atom is -0.339 e. The fourth-order valence-corrected chi connectivity index (χ4v) is 4.18. The van der Waals surface area contributed by atoms with Gasteiger partial charge in [-0.15, -0.1) is 11.3 Å². The fraction of sp³-hybridized carbons (Fsp3) is 0.400. The van der Waals surface area contributed by atoms with Crippen LogP contribution < -0.4 is 0 Å². The van der Waals surface area contributed by atoms with E-state index in [-0.39, 0.29) is 29.5 Å². The Labute approximate surface area is 167 Å². The molecule has 2 aromatic rings.